The highest BCUT2D eigenvalue weighted by molar-refractivity contribution is 5.25. The lowest BCUT2D eigenvalue weighted by Crippen LogP contribution is -2.24. The number of hydrogen-bond donors (Lipinski definition) is 1. The minimum absolute atomic E-state index is 0.000142. The van der Waals surface area contributed by atoms with E-state index in [2.05, 4.69) is 15.0 Å². The second kappa shape index (κ2) is 8.06. The second-order valence-electron chi connectivity index (χ2n) is 4.48. The molecule has 0 unspecified atom stereocenters. The maximum Gasteiger partial charge on any atom is 0.411 e. The highest BCUT2D eigenvalue weighted by Crippen LogP contribution is 2.16. The van der Waals surface area contributed by atoms with E-state index in [1.807, 2.05) is 19.9 Å². The van der Waals surface area contributed by atoms with Gasteiger partial charge in [0.25, 0.3) is 0 Å². The Morgan fingerprint density at radius 1 is 1.35 bits per heavy atom. The van der Waals surface area contributed by atoms with Crippen molar-refractivity contribution in [1.29, 1.82) is 0 Å². The van der Waals surface area contributed by atoms with Gasteiger partial charge in [0.2, 0.25) is 5.88 Å². The molecule has 1 aromatic heterocycles. The van der Waals surface area contributed by atoms with Crippen LogP contribution >= 0.6 is 0 Å². The van der Waals surface area contributed by atoms with Gasteiger partial charge in [-0.15, -0.1) is 0 Å². The molecule has 114 valence electrons. The average Bonchev–Trinajstić information content (AvgIpc) is 2.33. The first-order valence-corrected chi connectivity index (χ1v) is 6.34. The van der Waals surface area contributed by atoms with Crippen LogP contribution in [0.1, 0.15) is 19.4 Å². The topological polar surface area (TPSA) is 43.4 Å². The number of rotatable bonds is 8. The van der Waals surface area contributed by atoms with Gasteiger partial charge in [-0.3, -0.25) is 0 Å². The van der Waals surface area contributed by atoms with Crippen molar-refractivity contribution in [3.05, 3.63) is 23.9 Å². The predicted molar refractivity (Wildman–Crippen MR) is 68.6 cm³/mol. The summed E-state index contributed by atoms with van der Waals surface area (Å²) in [7, 11) is 0. The van der Waals surface area contributed by atoms with Crippen LogP contribution in [-0.2, 0) is 11.3 Å². The molecule has 0 aliphatic heterocycles. The molecule has 1 rings (SSSR count). The van der Waals surface area contributed by atoms with E-state index in [1.54, 1.807) is 12.3 Å². The predicted octanol–water partition coefficient (Wildman–Crippen LogP) is 2.54. The molecule has 1 heterocycles. The lowest BCUT2D eigenvalue weighted by atomic mass is 10.2. The number of ether oxygens (including phenoxy) is 2. The van der Waals surface area contributed by atoms with E-state index in [0.717, 1.165) is 5.56 Å². The first-order chi connectivity index (χ1) is 9.38. The third-order valence-electron chi connectivity index (χ3n) is 2.20. The van der Waals surface area contributed by atoms with E-state index in [-0.39, 0.29) is 12.7 Å². The molecule has 0 fully saturated rings. The molecular formula is C13H19F3N2O2. The zero-order valence-electron chi connectivity index (χ0n) is 11.5. The van der Waals surface area contributed by atoms with Crippen LogP contribution in [0, 0.1) is 0 Å². The quantitative estimate of drug-likeness (QED) is 0.748. The number of pyridine rings is 1. The normalized spacial score (nSPS) is 11.9. The maximum atomic E-state index is 11.8. The second-order valence-corrected chi connectivity index (χ2v) is 4.48. The number of halogens is 3. The molecule has 0 saturated heterocycles. The Morgan fingerprint density at radius 3 is 2.75 bits per heavy atom. The third-order valence-corrected chi connectivity index (χ3v) is 2.20. The Balaban J connectivity index is 2.28. The molecule has 0 saturated carbocycles. The van der Waals surface area contributed by atoms with Crippen LogP contribution in [0.2, 0.25) is 0 Å². The van der Waals surface area contributed by atoms with Crippen molar-refractivity contribution < 1.29 is 22.6 Å². The molecule has 0 spiro atoms. The summed E-state index contributed by atoms with van der Waals surface area (Å²) >= 11 is 0. The highest BCUT2D eigenvalue weighted by atomic mass is 19.4. The fourth-order valence-corrected chi connectivity index (χ4v) is 1.44. The van der Waals surface area contributed by atoms with Crippen LogP contribution in [0.5, 0.6) is 5.88 Å². The van der Waals surface area contributed by atoms with Crippen LogP contribution in [0.4, 0.5) is 13.2 Å². The van der Waals surface area contributed by atoms with Gasteiger partial charge >= 0.3 is 6.18 Å². The minimum Gasteiger partial charge on any atom is -0.475 e. The largest absolute Gasteiger partial charge is 0.475 e. The van der Waals surface area contributed by atoms with Crippen molar-refractivity contribution in [2.45, 2.75) is 32.7 Å². The monoisotopic (exact) mass is 292 g/mol. The molecule has 0 aliphatic carbocycles. The van der Waals surface area contributed by atoms with Gasteiger partial charge in [-0.25, -0.2) is 4.98 Å². The summed E-state index contributed by atoms with van der Waals surface area (Å²) in [5, 5.41) is 2.99. The summed E-state index contributed by atoms with van der Waals surface area (Å²) < 4.78 is 45.5. The van der Waals surface area contributed by atoms with Crippen LogP contribution in [0.15, 0.2) is 18.3 Å². The number of alkyl halides is 3. The van der Waals surface area contributed by atoms with Gasteiger partial charge in [-0.05, 0) is 19.9 Å². The Morgan fingerprint density at radius 2 is 2.10 bits per heavy atom. The number of aromatic nitrogens is 1. The van der Waals surface area contributed by atoms with Crippen LogP contribution < -0.4 is 10.1 Å². The van der Waals surface area contributed by atoms with Crippen molar-refractivity contribution in [2.75, 3.05) is 19.8 Å². The van der Waals surface area contributed by atoms with Crippen molar-refractivity contribution >= 4 is 0 Å². The molecule has 0 aromatic carbocycles. The minimum atomic E-state index is -4.28. The Hall–Kier alpha value is -1.34. The number of nitrogens with one attached hydrogen (secondary N) is 1. The van der Waals surface area contributed by atoms with Gasteiger partial charge in [-0.1, -0.05) is 6.07 Å². The maximum absolute atomic E-state index is 11.8. The van der Waals surface area contributed by atoms with Gasteiger partial charge in [0.05, 0.1) is 12.7 Å². The van der Waals surface area contributed by atoms with Gasteiger partial charge in [0.1, 0.15) is 6.61 Å². The molecule has 20 heavy (non-hydrogen) atoms. The Kier molecular flexibility index (Phi) is 6.74. The van der Waals surface area contributed by atoms with E-state index >= 15 is 0 Å². The van der Waals surface area contributed by atoms with E-state index in [4.69, 9.17) is 4.74 Å². The molecule has 0 bridgehead atoms. The first kappa shape index (κ1) is 16.7. The molecule has 0 atom stereocenters. The highest BCUT2D eigenvalue weighted by Gasteiger charge is 2.27. The van der Waals surface area contributed by atoms with Gasteiger partial charge < -0.3 is 14.8 Å². The fraction of sp³-hybridized carbons (Fsp3) is 0.615. The Labute approximate surface area is 116 Å². The summed E-state index contributed by atoms with van der Waals surface area (Å²) in [5.74, 6) is 0.534. The van der Waals surface area contributed by atoms with E-state index in [1.165, 1.54) is 0 Å². The summed E-state index contributed by atoms with van der Waals surface area (Å²) in [5.41, 5.74) is 0.858. The summed E-state index contributed by atoms with van der Waals surface area (Å²) in [6, 6.07) is 3.64. The summed E-state index contributed by atoms with van der Waals surface area (Å²) in [4.78, 5) is 4.12. The first-order valence-electron chi connectivity index (χ1n) is 6.34. The SMILES string of the molecule is CC(C)Oc1ncccc1CNCCOCC(F)(F)F. The number of hydrogen-bond acceptors (Lipinski definition) is 4. The smallest absolute Gasteiger partial charge is 0.411 e. The van der Waals surface area contributed by atoms with Crippen molar-refractivity contribution in [1.82, 2.24) is 10.3 Å². The lowest BCUT2D eigenvalue weighted by molar-refractivity contribution is -0.173. The zero-order chi connectivity index (χ0) is 15.0. The standard InChI is InChI=1S/C13H19F3N2O2/c1-10(2)20-12-11(4-3-5-18-12)8-17-6-7-19-9-13(14,15)16/h3-5,10,17H,6-9H2,1-2H3. The average molecular weight is 292 g/mol. The van der Waals surface area contributed by atoms with Crippen molar-refractivity contribution in [3.63, 3.8) is 0 Å². The summed E-state index contributed by atoms with van der Waals surface area (Å²) in [6.07, 6.45) is -2.63. The van der Waals surface area contributed by atoms with E-state index in [0.29, 0.717) is 19.0 Å². The molecule has 1 N–H and O–H groups in total. The van der Waals surface area contributed by atoms with Gasteiger partial charge in [-0.2, -0.15) is 13.2 Å². The van der Waals surface area contributed by atoms with E-state index < -0.39 is 12.8 Å². The van der Waals surface area contributed by atoms with Gasteiger partial charge in [0.15, 0.2) is 0 Å². The Bertz CT molecular complexity index is 397. The molecule has 0 amide bonds. The fourth-order valence-electron chi connectivity index (χ4n) is 1.44. The summed E-state index contributed by atoms with van der Waals surface area (Å²) in [6.45, 7) is 3.37. The van der Waals surface area contributed by atoms with Crippen LogP contribution in [0.25, 0.3) is 0 Å². The molecule has 7 heteroatoms. The van der Waals surface area contributed by atoms with E-state index in [9.17, 15) is 13.2 Å². The zero-order valence-corrected chi connectivity index (χ0v) is 11.5. The van der Waals surface area contributed by atoms with Crippen LogP contribution in [0.3, 0.4) is 0 Å². The molecule has 0 aliphatic rings. The molecule has 0 radical (unpaired) electrons. The van der Waals surface area contributed by atoms with Crippen LogP contribution in [-0.4, -0.2) is 37.0 Å². The van der Waals surface area contributed by atoms with Crippen molar-refractivity contribution in [2.24, 2.45) is 0 Å². The van der Waals surface area contributed by atoms with Gasteiger partial charge in [0, 0.05) is 24.8 Å². The number of nitrogens with zero attached hydrogens (tertiary/aromatic N) is 1. The third kappa shape index (κ3) is 7.30. The molecule has 1 aromatic rings. The lowest BCUT2D eigenvalue weighted by Gasteiger charge is -2.13. The van der Waals surface area contributed by atoms with Crippen molar-refractivity contribution in [3.8, 4) is 5.88 Å². The molecular weight excluding hydrogens is 273 g/mol. The molecule has 4 nitrogen and oxygen atoms in total.